The van der Waals surface area contributed by atoms with E-state index in [1.807, 2.05) is 55.4 Å². The van der Waals surface area contributed by atoms with Crippen molar-refractivity contribution in [1.29, 1.82) is 0 Å². The van der Waals surface area contributed by atoms with E-state index in [0.717, 1.165) is 6.42 Å². The van der Waals surface area contributed by atoms with Gasteiger partial charge in [0.15, 0.2) is 7.60 Å². The average Bonchev–Trinajstić information content (AvgIpc) is 3.58. The van der Waals surface area contributed by atoms with Crippen LogP contribution in [0.1, 0.15) is 112 Å². The second kappa shape index (κ2) is 19.8. The fourth-order valence-electron chi connectivity index (χ4n) is 7.60. The van der Waals surface area contributed by atoms with Gasteiger partial charge in [-0.3, -0.25) is 24.1 Å². The van der Waals surface area contributed by atoms with E-state index < -0.39 is 89.8 Å². The minimum Gasteiger partial charge on any atom is -0.373 e. The molecule has 2 aliphatic rings. The van der Waals surface area contributed by atoms with E-state index in [9.17, 15) is 23.7 Å². The lowest BCUT2D eigenvalue weighted by atomic mass is 9.91. The van der Waals surface area contributed by atoms with Crippen LogP contribution in [-0.2, 0) is 45.6 Å². The standard InChI is InChI=1S/C40H68N6O11P/c1-23(2)18-39(7,8)52-21-29-25(5)33(34(54-29)28-20-46(17-13-15-42)38(50)44-36(28)48)57-58(11,51)53-22-30-32(56-40(9,10)24(3)4)26(6)31(55-30)27-19-45(16-12-14-41)37(49)43-35(27)47/h19-20,23-26,29-34H,11-18,21-22,41-42H2,1-10H3,(H,43,47,49)(H,44,48,50)/q-1/t25?,26-,29-,30-,31-,32?,33+,34+,58?/m1/s1. The highest BCUT2D eigenvalue weighted by atomic mass is 31.2. The van der Waals surface area contributed by atoms with E-state index >= 15 is 0 Å². The molecule has 4 rings (SSSR count). The summed E-state index contributed by atoms with van der Waals surface area (Å²) < 4.78 is 55.3. The molecule has 9 atom stereocenters. The van der Waals surface area contributed by atoms with Crippen molar-refractivity contribution in [1.82, 2.24) is 19.1 Å². The van der Waals surface area contributed by atoms with Crippen LogP contribution in [-0.4, -0.2) is 81.0 Å². The Morgan fingerprint density at radius 1 is 0.810 bits per heavy atom. The Kier molecular flexibility index (Phi) is 16.3. The molecular formula is C40H68N6O11P-. The zero-order valence-electron chi connectivity index (χ0n) is 36.0. The summed E-state index contributed by atoms with van der Waals surface area (Å²) in [5, 5.41) is 0. The summed E-state index contributed by atoms with van der Waals surface area (Å²) in [6.45, 7) is 24.9. The van der Waals surface area contributed by atoms with Crippen LogP contribution in [0, 0.1) is 30.3 Å². The lowest BCUT2D eigenvalue weighted by molar-refractivity contribution is -0.133. The molecule has 0 saturated carbocycles. The number of aromatic amines is 2. The van der Waals surface area contributed by atoms with Crippen molar-refractivity contribution in [3.05, 3.63) is 71.9 Å². The van der Waals surface area contributed by atoms with Gasteiger partial charge in [-0.15, -0.1) is 0 Å². The topological polar surface area (TPSA) is 234 Å². The predicted octanol–water partition coefficient (Wildman–Crippen LogP) is 3.98. The van der Waals surface area contributed by atoms with Crippen LogP contribution in [0.5, 0.6) is 0 Å². The van der Waals surface area contributed by atoms with Gasteiger partial charge in [0.2, 0.25) is 0 Å². The molecule has 2 fully saturated rings. The molecule has 18 heteroatoms. The molecule has 0 aliphatic carbocycles. The van der Waals surface area contributed by atoms with E-state index in [1.54, 1.807) is 0 Å². The Morgan fingerprint density at radius 3 is 1.83 bits per heavy atom. The third kappa shape index (κ3) is 12.0. The average molecular weight is 840 g/mol. The number of aromatic nitrogens is 4. The maximum absolute atomic E-state index is 14.3. The quantitative estimate of drug-likeness (QED) is 0.103. The predicted molar refractivity (Wildman–Crippen MR) is 221 cm³/mol. The Labute approximate surface area is 341 Å². The van der Waals surface area contributed by atoms with Crippen molar-refractivity contribution in [3.63, 3.8) is 0 Å². The first kappa shape index (κ1) is 47.9. The molecule has 58 heavy (non-hydrogen) atoms. The van der Waals surface area contributed by atoms with E-state index in [0.29, 0.717) is 38.4 Å². The number of rotatable bonds is 21. The fourth-order valence-corrected chi connectivity index (χ4v) is 8.71. The smallest absolute Gasteiger partial charge is 0.328 e. The Hall–Kier alpha value is -2.73. The van der Waals surface area contributed by atoms with Crippen molar-refractivity contribution in [3.8, 4) is 0 Å². The molecule has 2 aromatic heterocycles. The molecule has 0 bridgehead atoms. The summed E-state index contributed by atoms with van der Waals surface area (Å²) in [6, 6.07) is 0. The van der Waals surface area contributed by atoms with Gasteiger partial charge >= 0.3 is 11.4 Å². The van der Waals surface area contributed by atoms with Gasteiger partial charge in [-0.25, -0.2) is 16.3 Å². The number of ether oxygens (including phenoxy) is 4. The normalized spacial score (nSPS) is 26.5. The molecule has 0 spiro atoms. The summed E-state index contributed by atoms with van der Waals surface area (Å²) in [4.78, 5) is 56.6. The molecular weight excluding hydrogens is 771 g/mol. The molecule has 6 N–H and O–H groups in total. The summed E-state index contributed by atoms with van der Waals surface area (Å²) in [7, 11) is -4.21. The lowest BCUT2D eigenvalue weighted by Crippen LogP contribution is -2.42. The number of aryl methyl sites for hydroxylation is 2. The first-order valence-electron chi connectivity index (χ1n) is 20.5. The van der Waals surface area contributed by atoms with Gasteiger partial charge < -0.3 is 48.6 Å². The van der Waals surface area contributed by atoms with Crippen LogP contribution in [0.4, 0.5) is 0 Å². The zero-order chi connectivity index (χ0) is 43.3. The summed E-state index contributed by atoms with van der Waals surface area (Å²) in [5.41, 5.74) is 8.21. The SMILES string of the molecule is [CH2-]P(=O)(OC[C@H]1O[C@@H](c2cn(CCCN)c(=O)[nH]c2=O)[C@@H](C)C1OC(C)(C)C(C)C)O[C@H]1C(C)[C@@H](COC(C)(C)CC(C)C)O[C@H]1c1cn(CCCN)c(=O)[nH]c1=O. The van der Waals surface area contributed by atoms with Crippen LogP contribution in [0.2, 0.25) is 0 Å². The van der Waals surface area contributed by atoms with Gasteiger partial charge in [-0.2, -0.15) is 0 Å². The van der Waals surface area contributed by atoms with E-state index in [-0.39, 0.29) is 36.8 Å². The molecule has 0 amide bonds. The van der Waals surface area contributed by atoms with Gasteiger partial charge in [0.05, 0.1) is 53.9 Å². The van der Waals surface area contributed by atoms with Gasteiger partial charge in [-0.1, -0.05) is 41.5 Å². The molecule has 2 aromatic rings. The third-order valence-electron chi connectivity index (χ3n) is 11.4. The van der Waals surface area contributed by atoms with Gasteiger partial charge in [0.25, 0.3) is 11.1 Å². The molecule has 4 heterocycles. The van der Waals surface area contributed by atoms with Crippen molar-refractivity contribution < 1.29 is 32.6 Å². The van der Waals surface area contributed by atoms with E-state index in [1.165, 1.54) is 21.5 Å². The Morgan fingerprint density at radius 2 is 1.33 bits per heavy atom. The van der Waals surface area contributed by atoms with Gasteiger partial charge in [-0.05, 0) is 71.9 Å². The molecule has 330 valence electrons. The maximum Gasteiger partial charge on any atom is 0.328 e. The number of nitrogens with zero attached hydrogens (tertiary/aromatic N) is 2. The van der Waals surface area contributed by atoms with Crippen molar-refractivity contribution in [2.45, 2.75) is 149 Å². The molecule has 2 aliphatic heterocycles. The molecule has 2 saturated heterocycles. The monoisotopic (exact) mass is 839 g/mol. The maximum atomic E-state index is 14.3. The second-order valence-electron chi connectivity index (χ2n) is 17.8. The Bertz CT molecular complexity index is 1960. The molecule has 0 aromatic carbocycles. The second-order valence-corrected chi connectivity index (χ2v) is 19.4. The first-order chi connectivity index (χ1) is 27.0. The largest absolute Gasteiger partial charge is 0.373 e. The number of H-pyrrole nitrogens is 2. The molecule has 0 radical (unpaired) electrons. The van der Waals surface area contributed by atoms with Crippen LogP contribution < -0.4 is 34.0 Å². The molecule has 17 nitrogen and oxygen atoms in total. The molecule has 3 unspecified atom stereocenters. The van der Waals surface area contributed by atoms with Crippen molar-refractivity contribution in [2.75, 3.05) is 26.3 Å². The van der Waals surface area contributed by atoms with Crippen LogP contribution >= 0.6 is 7.60 Å². The fraction of sp³-hybridized carbons (Fsp3) is 0.775. The minimum absolute atomic E-state index is 0.0886. The number of hydrogen-bond acceptors (Lipinski definition) is 13. The number of nitrogens with two attached hydrogens (primary N) is 2. The summed E-state index contributed by atoms with van der Waals surface area (Å²) in [6.07, 6.45) is -0.232. The Balaban J connectivity index is 1.64. The van der Waals surface area contributed by atoms with Crippen molar-refractivity contribution in [2.24, 2.45) is 35.1 Å². The first-order valence-corrected chi connectivity index (χ1v) is 22.2. The van der Waals surface area contributed by atoms with Crippen LogP contribution in [0.15, 0.2) is 31.6 Å². The third-order valence-corrected chi connectivity index (χ3v) is 12.5. The van der Waals surface area contributed by atoms with Crippen LogP contribution in [0.25, 0.3) is 0 Å². The van der Waals surface area contributed by atoms with Gasteiger partial charge in [0.1, 0.15) is 18.3 Å². The highest BCUT2D eigenvalue weighted by Gasteiger charge is 2.49. The van der Waals surface area contributed by atoms with E-state index in [2.05, 4.69) is 30.5 Å². The minimum atomic E-state index is -4.21. The lowest BCUT2D eigenvalue weighted by Gasteiger charge is -2.36. The summed E-state index contributed by atoms with van der Waals surface area (Å²) in [5.74, 6) is -0.415. The van der Waals surface area contributed by atoms with Crippen molar-refractivity contribution >= 4 is 7.60 Å². The number of hydrogen-bond donors (Lipinski definition) is 4. The zero-order valence-corrected chi connectivity index (χ0v) is 36.9. The highest BCUT2D eigenvalue weighted by molar-refractivity contribution is 7.55. The summed E-state index contributed by atoms with van der Waals surface area (Å²) >= 11 is 0. The van der Waals surface area contributed by atoms with Crippen LogP contribution in [0.3, 0.4) is 0 Å². The van der Waals surface area contributed by atoms with Gasteiger partial charge in [0, 0.05) is 37.3 Å². The number of nitrogens with one attached hydrogen (secondary N) is 2. The highest BCUT2D eigenvalue weighted by Crippen LogP contribution is 2.54. The van der Waals surface area contributed by atoms with E-state index in [4.69, 9.17) is 39.5 Å².